The van der Waals surface area contributed by atoms with Crippen molar-refractivity contribution >= 4 is 11.6 Å². The van der Waals surface area contributed by atoms with Crippen molar-refractivity contribution in [1.29, 1.82) is 0 Å². The molecular weight excluding hydrogens is 269 g/mol. The maximum Gasteiger partial charge on any atom is 0.159 e. The molecule has 0 aliphatic carbocycles. The lowest BCUT2D eigenvalue weighted by molar-refractivity contribution is 0.241. The quantitative estimate of drug-likeness (QED) is 0.915. The fourth-order valence-electron chi connectivity index (χ4n) is 2.11. The molecular formula is C13H11ClFN3O. The second-order valence-electron chi connectivity index (χ2n) is 4.35. The summed E-state index contributed by atoms with van der Waals surface area (Å²) in [6.45, 7) is 0.438. The smallest absolute Gasteiger partial charge is 0.159 e. The van der Waals surface area contributed by atoms with E-state index in [1.165, 1.54) is 0 Å². The second kappa shape index (κ2) is 4.75. The summed E-state index contributed by atoms with van der Waals surface area (Å²) < 4.78 is 18.5. The van der Waals surface area contributed by atoms with Crippen LogP contribution in [0.5, 0.6) is 5.75 Å². The van der Waals surface area contributed by atoms with Crippen LogP contribution in [0.15, 0.2) is 24.5 Å². The number of benzene rings is 1. The average molecular weight is 280 g/mol. The largest absolute Gasteiger partial charge is 0.487 e. The molecule has 0 bridgehead atoms. The minimum Gasteiger partial charge on any atom is -0.487 e. The Kier molecular flexibility index (Phi) is 3.08. The molecule has 19 heavy (non-hydrogen) atoms. The van der Waals surface area contributed by atoms with Gasteiger partial charge in [0.2, 0.25) is 0 Å². The molecule has 0 saturated heterocycles. The zero-order valence-electron chi connectivity index (χ0n) is 9.94. The van der Waals surface area contributed by atoms with Gasteiger partial charge < -0.3 is 10.5 Å². The summed E-state index contributed by atoms with van der Waals surface area (Å²) in [6, 6.07) is 3.62. The lowest BCUT2D eigenvalue weighted by Crippen LogP contribution is -2.24. The summed E-state index contributed by atoms with van der Waals surface area (Å²) in [6.07, 6.45) is 2.92. The first-order valence-electron chi connectivity index (χ1n) is 5.84. The Morgan fingerprint density at radius 2 is 2.11 bits per heavy atom. The van der Waals surface area contributed by atoms with Gasteiger partial charge in [-0.25, -0.2) is 14.4 Å². The molecule has 1 aliphatic rings. The highest BCUT2D eigenvalue weighted by molar-refractivity contribution is 6.32. The number of hydrogen-bond donors (Lipinski definition) is 1. The van der Waals surface area contributed by atoms with Gasteiger partial charge in [0.05, 0.1) is 17.4 Å². The number of aromatic nitrogens is 2. The SMILES string of the molecule is NC[C@@H]1Cc2cc(-c3ncc(F)cn3)cc(Cl)c2O1. The van der Waals surface area contributed by atoms with Crippen LogP contribution in [0.25, 0.3) is 11.4 Å². The van der Waals surface area contributed by atoms with Gasteiger partial charge in [-0.1, -0.05) is 11.6 Å². The topological polar surface area (TPSA) is 61.0 Å². The fourth-order valence-corrected chi connectivity index (χ4v) is 2.39. The summed E-state index contributed by atoms with van der Waals surface area (Å²) in [5, 5.41) is 0.497. The Balaban J connectivity index is 2.02. The first-order chi connectivity index (χ1) is 9.17. The minimum absolute atomic E-state index is 0.0445. The monoisotopic (exact) mass is 279 g/mol. The first kappa shape index (κ1) is 12.3. The lowest BCUT2D eigenvalue weighted by atomic mass is 10.1. The molecule has 0 saturated carbocycles. The van der Waals surface area contributed by atoms with Gasteiger partial charge in [-0.15, -0.1) is 0 Å². The van der Waals surface area contributed by atoms with E-state index in [1.807, 2.05) is 6.07 Å². The van der Waals surface area contributed by atoms with Gasteiger partial charge in [0.25, 0.3) is 0 Å². The van der Waals surface area contributed by atoms with Crippen LogP contribution in [0, 0.1) is 5.82 Å². The van der Waals surface area contributed by atoms with Gasteiger partial charge in [-0.3, -0.25) is 0 Å². The molecule has 98 valence electrons. The molecule has 0 amide bonds. The van der Waals surface area contributed by atoms with E-state index in [2.05, 4.69) is 9.97 Å². The third-order valence-corrected chi connectivity index (χ3v) is 3.27. The van der Waals surface area contributed by atoms with Crippen molar-refractivity contribution in [3.8, 4) is 17.1 Å². The van der Waals surface area contributed by atoms with Crippen LogP contribution in [-0.4, -0.2) is 22.6 Å². The standard InChI is InChI=1S/C13H11ClFN3O/c14-11-3-8(13-17-5-9(15)6-18-13)1-7-2-10(4-16)19-12(7)11/h1,3,5-6,10H,2,4,16H2/t10-/m0/s1. The maximum atomic E-state index is 12.8. The van der Waals surface area contributed by atoms with Crippen LogP contribution in [0.2, 0.25) is 5.02 Å². The summed E-state index contributed by atoms with van der Waals surface area (Å²) in [5.74, 6) is 0.632. The number of nitrogens with zero attached hydrogens (tertiary/aromatic N) is 2. The Bertz CT molecular complexity index is 618. The third kappa shape index (κ3) is 2.27. The molecule has 6 heteroatoms. The Morgan fingerprint density at radius 1 is 1.37 bits per heavy atom. The van der Waals surface area contributed by atoms with Crippen LogP contribution < -0.4 is 10.5 Å². The molecule has 0 fully saturated rings. The normalized spacial score (nSPS) is 17.1. The molecule has 1 aromatic heterocycles. The summed E-state index contributed by atoms with van der Waals surface area (Å²) in [7, 11) is 0. The highest BCUT2D eigenvalue weighted by atomic mass is 35.5. The number of ether oxygens (including phenoxy) is 1. The highest BCUT2D eigenvalue weighted by Gasteiger charge is 2.25. The third-order valence-electron chi connectivity index (χ3n) is 2.99. The van der Waals surface area contributed by atoms with E-state index in [9.17, 15) is 4.39 Å². The van der Waals surface area contributed by atoms with E-state index >= 15 is 0 Å². The number of hydrogen-bond acceptors (Lipinski definition) is 4. The lowest BCUT2D eigenvalue weighted by Gasteiger charge is -2.08. The van der Waals surface area contributed by atoms with Crippen molar-refractivity contribution in [3.05, 3.63) is 40.9 Å². The molecule has 4 nitrogen and oxygen atoms in total. The molecule has 1 atom stereocenters. The molecule has 0 radical (unpaired) electrons. The molecule has 0 unspecified atom stereocenters. The van der Waals surface area contributed by atoms with Crippen LogP contribution >= 0.6 is 11.6 Å². The van der Waals surface area contributed by atoms with Crippen molar-refractivity contribution in [2.24, 2.45) is 5.73 Å². The molecule has 0 spiro atoms. The molecule has 2 N–H and O–H groups in total. The molecule has 2 aromatic rings. The van der Waals surface area contributed by atoms with Crippen LogP contribution in [-0.2, 0) is 6.42 Å². The van der Waals surface area contributed by atoms with E-state index in [-0.39, 0.29) is 6.10 Å². The predicted octanol–water partition coefficient (Wildman–Crippen LogP) is 2.20. The van der Waals surface area contributed by atoms with Crippen molar-refractivity contribution in [2.45, 2.75) is 12.5 Å². The Labute approximate surface area is 114 Å². The molecule has 1 aliphatic heterocycles. The zero-order valence-corrected chi connectivity index (χ0v) is 10.7. The van der Waals surface area contributed by atoms with E-state index in [0.717, 1.165) is 23.5 Å². The van der Waals surface area contributed by atoms with Crippen LogP contribution in [0.4, 0.5) is 4.39 Å². The molecule has 3 rings (SSSR count). The fraction of sp³-hybridized carbons (Fsp3) is 0.231. The van der Waals surface area contributed by atoms with E-state index in [1.54, 1.807) is 6.07 Å². The Morgan fingerprint density at radius 3 is 2.79 bits per heavy atom. The summed E-state index contributed by atoms with van der Waals surface area (Å²) >= 11 is 6.18. The van der Waals surface area contributed by atoms with Crippen molar-refractivity contribution in [3.63, 3.8) is 0 Å². The van der Waals surface area contributed by atoms with Crippen LogP contribution in [0.3, 0.4) is 0 Å². The number of rotatable bonds is 2. The zero-order chi connectivity index (χ0) is 13.4. The Hall–Kier alpha value is -1.72. The van der Waals surface area contributed by atoms with E-state index in [4.69, 9.17) is 22.1 Å². The highest BCUT2D eigenvalue weighted by Crippen LogP contribution is 2.38. The number of halogens is 2. The van der Waals surface area contributed by atoms with Crippen LogP contribution in [0.1, 0.15) is 5.56 Å². The number of nitrogens with two attached hydrogens (primary N) is 1. The van der Waals surface area contributed by atoms with Crippen molar-refractivity contribution in [2.75, 3.05) is 6.54 Å². The number of fused-ring (bicyclic) bond motifs is 1. The van der Waals surface area contributed by atoms with E-state index in [0.29, 0.717) is 29.6 Å². The van der Waals surface area contributed by atoms with Gasteiger partial charge in [0.1, 0.15) is 11.9 Å². The van der Waals surface area contributed by atoms with Gasteiger partial charge in [-0.05, 0) is 12.1 Å². The molecule has 1 aromatic carbocycles. The van der Waals surface area contributed by atoms with E-state index < -0.39 is 5.82 Å². The van der Waals surface area contributed by atoms with Crippen molar-refractivity contribution in [1.82, 2.24) is 9.97 Å². The van der Waals surface area contributed by atoms with Crippen molar-refractivity contribution < 1.29 is 9.13 Å². The predicted molar refractivity (Wildman–Crippen MR) is 69.6 cm³/mol. The average Bonchev–Trinajstić information content (AvgIpc) is 2.83. The maximum absolute atomic E-state index is 12.8. The second-order valence-corrected chi connectivity index (χ2v) is 4.76. The minimum atomic E-state index is -0.470. The molecule has 2 heterocycles. The summed E-state index contributed by atoms with van der Waals surface area (Å²) in [5.41, 5.74) is 7.31. The van der Waals surface area contributed by atoms with Gasteiger partial charge in [0.15, 0.2) is 11.6 Å². The summed E-state index contributed by atoms with van der Waals surface area (Å²) in [4.78, 5) is 7.89. The van der Waals surface area contributed by atoms with Gasteiger partial charge in [0, 0.05) is 24.1 Å². The van der Waals surface area contributed by atoms with Gasteiger partial charge in [-0.2, -0.15) is 0 Å². The first-order valence-corrected chi connectivity index (χ1v) is 6.22. The van der Waals surface area contributed by atoms with Gasteiger partial charge >= 0.3 is 0 Å².